The van der Waals surface area contributed by atoms with Crippen LogP contribution < -0.4 is 9.64 Å². The Bertz CT molecular complexity index is 1280. The summed E-state index contributed by atoms with van der Waals surface area (Å²) in [7, 11) is 1.49. The van der Waals surface area contributed by atoms with Gasteiger partial charge in [-0.3, -0.25) is 14.4 Å². The smallest absolute Gasteiger partial charge is 0.296 e. The molecular formula is C29H32N2O6. The van der Waals surface area contributed by atoms with Crippen LogP contribution in [-0.4, -0.2) is 61.0 Å². The summed E-state index contributed by atoms with van der Waals surface area (Å²) in [5.74, 6) is -1.99. The van der Waals surface area contributed by atoms with Crippen molar-refractivity contribution in [1.82, 2.24) is 4.90 Å². The molecule has 0 bridgehead atoms. The van der Waals surface area contributed by atoms with Gasteiger partial charge in [0.15, 0.2) is 5.54 Å². The molecule has 194 valence electrons. The van der Waals surface area contributed by atoms with Gasteiger partial charge in [0.25, 0.3) is 17.6 Å². The van der Waals surface area contributed by atoms with Crippen molar-refractivity contribution in [2.45, 2.75) is 32.2 Å². The Balaban J connectivity index is 1.97. The SMILES string of the molecule is C=CCOc1ccc(C(O)=C2C(=O)C(=O)N(CCOC)[C@@]23C(=O)N(CCCC)c2ccccc23)cc1C. The molecule has 1 fully saturated rings. The second-order valence-corrected chi connectivity index (χ2v) is 9.12. The number of Topliss-reactive ketones (excluding diaryl/α,β-unsaturated/α-hetero) is 1. The number of para-hydroxylation sites is 1. The van der Waals surface area contributed by atoms with E-state index < -0.39 is 28.9 Å². The van der Waals surface area contributed by atoms with Gasteiger partial charge in [-0.1, -0.05) is 44.2 Å². The number of benzene rings is 2. The van der Waals surface area contributed by atoms with Crippen molar-refractivity contribution in [3.63, 3.8) is 0 Å². The van der Waals surface area contributed by atoms with Gasteiger partial charge < -0.3 is 24.4 Å². The summed E-state index contributed by atoms with van der Waals surface area (Å²) in [6.07, 6.45) is 3.23. The molecule has 2 heterocycles. The van der Waals surface area contributed by atoms with Crippen LogP contribution in [0.25, 0.3) is 5.76 Å². The van der Waals surface area contributed by atoms with Crippen LogP contribution in [0.3, 0.4) is 0 Å². The predicted molar refractivity (Wildman–Crippen MR) is 140 cm³/mol. The summed E-state index contributed by atoms with van der Waals surface area (Å²) in [5, 5.41) is 11.6. The number of fused-ring (bicyclic) bond motifs is 2. The number of aliphatic hydroxyl groups excluding tert-OH is 1. The molecular weight excluding hydrogens is 472 g/mol. The maximum Gasteiger partial charge on any atom is 0.296 e. The second kappa shape index (κ2) is 10.6. The first-order valence-electron chi connectivity index (χ1n) is 12.4. The zero-order valence-electron chi connectivity index (χ0n) is 21.5. The van der Waals surface area contributed by atoms with E-state index in [0.717, 1.165) is 18.4 Å². The number of aliphatic hydroxyl groups is 1. The summed E-state index contributed by atoms with van der Waals surface area (Å²) in [6, 6.07) is 12.1. The van der Waals surface area contributed by atoms with E-state index in [1.54, 1.807) is 41.3 Å². The molecule has 2 aromatic rings. The summed E-state index contributed by atoms with van der Waals surface area (Å²) < 4.78 is 10.9. The number of unbranched alkanes of at least 4 members (excludes halogenated alkanes) is 1. The fraction of sp³-hybridized carbons (Fsp3) is 0.345. The first kappa shape index (κ1) is 26.2. The highest BCUT2D eigenvalue weighted by molar-refractivity contribution is 6.50. The van der Waals surface area contributed by atoms with Crippen LogP contribution in [0.2, 0.25) is 0 Å². The third-order valence-electron chi connectivity index (χ3n) is 6.87. The Morgan fingerprint density at radius 1 is 1.14 bits per heavy atom. The lowest BCUT2D eigenvalue weighted by Crippen LogP contribution is -2.52. The number of hydrogen-bond donors (Lipinski definition) is 1. The number of amides is 2. The average molecular weight is 505 g/mol. The summed E-state index contributed by atoms with van der Waals surface area (Å²) in [5.41, 5.74) is 0.133. The van der Waals surface area contributed by atoms with E-state index in [-0.39, 0.29) is 18.7 Å². The number of nitrogens with zero attached hydrogens (tertiary/aromatic N) is 2. The van der Waals surface area contributed by atoms with Gasteiger partial charge in [-0.15, -0.1) is 0 Å². The molecule has 1 atom stereocenters. The molecule has 1 saturated heterocycles. The van der Waals surface area contributed by atoms with Crippen molar-refractivity contribution in [3.8, 4) is 5.75 Å². The van der Waals surface area contributed by atoms with Crippen molar-refractivity contribution >= 4 is 29.0 Å². The molecule has 8 nitrogen and oxygen atoms in total. The van der Waals surface area contributed by atoms with Crippen LogP contribution in [0.5, 0.6) is 5.75 Å². The van der Waals surface area contributed by atoms with Crippen molar-refractivity contribution in [2.24, 2.45) is 0 Å². The number of carbonyl (C=O) groups is 3. The van der Waals surface area contributed by atoms with Crippen LogP contribution in [-0.2, 0) is 24.7 Å². The Hall–Kier alpha value is -3.91. The van der Waals surface area contributed by atoms with Gasteiger partial charge in [-0.05, 0) is 43.2 Å². The van der Waals surface area contributed by atoms with E-state index in [9.17, 15) is 19.5 Å². The first-order valence-corrected chi connectivity index (χ1v) is 12.4. The minimum atomic E-state index is -1.78. The molecule has 1 N–H and O–H groups in total. The number of ketones is 1. The van der Waals surface area contributed by atoms with E-state index in [1.165, 1.54) is 12.0 Å². The Labute approximate surface area is 216 Å². The van der Waals surface area contributed by atoms with Gasteiger partial charge in [0.2, 0.25) is 0 Å². The van der Waals surface area contributed by atoms with Crippen LogP contribution in [0.1, 0.15) is 36.5 Å². The normalized spacial score (nSPS) is 20.1. The molecule has 2 aliphatic heterocycles. The van der Waals surface area contributed by atoms with Gasteiger partial charge in [0.05, 0.1) is 17.9 Å². The maximum atomic E-state index is 14.3. The Morgan fingerprint density at radius 2 is 1.89 bits per heavy atom. The van der Waals surface area contributed by atoms with E-state index >= 15 is 0 Å². The molecule has 2 amide bonds. The first-order chi connectivity index (χ1) is 17.8. The number of ether oxygens (including phenoxy) is 2. The van der Waals surface area contributed by atoms with E-state index in [0.29, 0.717) is 35.7 Å². The lowest BCUT2D eigenvalue weighted by Gasteiger charge is -2.34. The van der Waals surface area contributed by atoms with Crippen LogP contribution in [0, 0.1) is 6.92 Å². The molecule has 1 spiro atoms. The fourth-order valence-electron chi connectivity index (χ4n) is 5.14. The number of anilines is 1. The number of methoxy groups -OCH3 is 1. The van der Waals surface area contributed by atoms with Crippen LogP contribution in [0.4, 0.5) is 5.69 Å². The van der Waals surface area contributed by atoms with Crippen molar-refractivity contribution in [1.29, 1.82) is 0 Å². The number of carbonyl (C=O) groups excluding carboxylic acids is 3. The standard InChI is InChI=1S/C29H32N2O6/c1-5-7-14-30-22-11-9-8-10-21(22)29(28(30)35)24(26(33)27(34)31(29)15-17-36-4)25(32)20-12-13-23(19(3)18-20)37-16-6-2/h6,8-13,18,32H,2,5,7,14-17H2,1,3-4H3/t29-/m1/s1. The highest BCUT2D eigenvalue weighted by Crippen LogP contribution is 2.53. The third kappa shape index (κ3) is 4.11. The summed E-state index contributed by atoms with van der Waals surface area (Å²) in [4.78, 5) is 44.2. The minimum absolute atomic E-state index is 0.00685. The minimum Gasteiger partial charge on any atom is -0.507 e. The monoisotopic (exact) mass is 504 g/mol. The lowest BCUT2D eigenvalue weighted by atomic mass is 9.81. The quantitative estimate of drug-likeness (QED) is 0.228. The zero-order chi connectivity index (χ0) is 26.7. The van der Waals surface area contributed by atoms with Crippen molar-refractivity contribution in [3.05, 3.63) is 77.4 Å². The van der Waals surface area contributed by atoms with Gasteiger partial charge >= 0.3 is 0 Å². The van der Waals surface area contributed by atoms with Gasteiger partial charge in [-0.25, -0.2) is 0 Å². The Morgan fingerprint density at radius 3 is 2.57 bits per heavy atom. The highest BCUT2D eigenvalue weighted by Gasteiger charge is 2.66. The third-order valence-corrected chi connectivity index (χ3v) is 6.87. The lowest BCUT2D eigenvalue weighted by molar-refractivity contribution is -0.144. The van der Waals surface area contributed by atoms with Crippen molar-refractivity contribution in [2.75, 3.05) is 38.3 Å². The molecule has 8 heteroatoms. The maximum absolute atomic E-state index is 14.3. The highest BCUT2D eigenvalue weighted by atomic mass is 16.5. The molecule has 2 aliphatic rings. The molecule has 0 aliphatic carbocycles. The fourth-order valence-corrected chi connectivity index (χ4v) is 5.14. The van der Waals surface area contributed by atoms with E-state index in [1.807, 2.05) is 26.0 Å². The molecule has 0 unspecified atom stereocenters. The molecule has 0 saturated carbocycles. The van der Waals surface area contributed by atoms with Gasteiger partial charge in [0, 0.05) is 31.3 Å². The molecule has 0 aromatic heterocycles. The van der Waals surface area contributed by atoms with Gasteiger partial charge in [-0.2, -0.15) is 0 Å². The summed E-state index contributed by atoms with van der Waals surface area (Å²) >= 11 is 0. The number of hydrogen-bond acceptors (Lipinski definition) is 6. The predicted octanol–water partition coefficient (Wildman–Crippen LogP) is 3.93. The molecule has 2 aromatic carbocycles. The molecule has 4 rings (SSSR count). The average Bonchev–Trinajstić information content (AvgIpc) is 3.27. The van der Waals surface area contributed by atoms with Crippen molar-refractivity contribution < 1.29 is 29.0 Å². The van der Waals surface area contributed by atoms with E-state index in [4.69, 9.17) is 9.47 Å². The molecule has 0 radical (unpaired) electrons. The van der Waals surface area contributed by atoms with Gasteiger partial charge in [0.1, 0.15) is 18.1 Å². The summed E-state index contributed by atoms with van der Waals surface area (Å²) in [6.45, 7) is 8.35. The van der Waals surface area contributed by atoms with E-state index in [2.05, 4.69) is 6.58 Å². The Kier molecular flexibility index (Phi) is 7.50. The number of aryl methyl sites for hydroxylation is 1. The second-order valence-electron chi connectivity index (χ2n) is 9.12. The topological polar surface area (TPSA) is 96.4 Å². The number of likely N-dealkylation sites (tertiary alicyclic amines) is 1. The van der Waals surface area contributed by atoms with Crippen LogP contribution in [0.15, 0.2) is 60.7 Å². The van der Waals surface area contributed by atoms with Crippen LogP contribution >= 0.6 is 0 Å². The molecule has 37 heavy (non-hydrogen) atoms. The zero-order valence-corrected chi connectivity index (χ0v) is 21.5. The largest absolute Gasteiger partial charge is 0.507 e. The number of rotatable bonds is 10.